The first-order chi connectivity index (χ1) is 11.8. The minimum absolute atomic E-state index is 0.256. The first-order valence-electron chi connectivity index (χ1n) is 7.75. The van der Waals surface area contributed by atoms with Gasteiger partial charge in [0.15, 0.2) is 0 Å². The number of anilines is 2. The van der Waals surface area contributed by atoms with E-state index in [2.05, 4.69) is 25.3 Å². The molecule has 0 saturated carbocycles. The van der Waals surface area contributed by atoms with Crippen molar-refractivity contribution in [1.29, 1.82) is 0 Å². The molecular weight excluding hydrogens is 308 g/mol. The van der Waals surface area contributed by atoms with Crippen molar-refractivity contribution in [3.63, 3.8) is 0 Å². The molecule has 3 aromatic heterocycles. The van der Waals surface area contributed by atoms with Gasteiger partial charge in [-0.1, -0.05) is 0 Å². The summed E-state index contributed by atoms with van der Waals surface area (Å²) in [4.78, 5) is 22.9. The molecule has 0 atom stereocenters. The van der Waals surface area contributed by atoms with Gasteiger partial charge in [0.05, 0.1) is 48.0 Å². The number of nitrogens with one attached hydrogen (secondary N) is 1. The largest absolute Gasteiger partial charge is 0.472 e. The lowest BCUT2D eigenvalue weighted by atomic mass is 10.3. The fraction of sp³-hybridized carbons (Fsp3) is 0.250. The van der Waals surface area contributed by atoms with Crippen molar-refractivity contribution in [2.45, 2.75) is 12.8 Å². The molecule has 0 radical (unpaired) electrons. The normalized spacial score (nSPS) is 14.1. The molecule has 1 aliphatic rings. The minimum Gasteiger partial charge on any atom is -0.472 e. The number of hydrogen-bond donors (Lipinski definition) is 1. The molecule has 1 saturated heterocycles. The Balaban J connectivity index is 1.47. The van der Waals surface area contributed by atoms with Crippen LogP contribution in [0, 0.1) is 0 Å². The van der Waals surface area contributed by atoms with Crippen LogP contribution >= 0.6 is 0 Å². The molecule has 3 aromatic rings. The van der Waals surface area contributed by atoms with Crippen molar-refractivity contribution < 1.29 is 9.21 Å². The SMILES string of the molecule is O=C(Nc1cnn(-c2ncc(N3CCCC3)cn2)c1)c1ccoc1. The number of hydrogen-bond acceptors (Lipinski definition) is 6. The summed E-state index contributed by atoms with van der Waals surface area (Å²) < 4.78 is 6.42. The van der Waals surface area contributed by atoms with Crippen molar-refractivity contribution in [1.82, 2.24) is 19.7 Å². The van der Waals surface area contributed by atoms with Crippen LogP contribution in [-0.2, 0) is 0 Å². The highest BCUT2D eigenvalue weighted by atomic mass is 16.3. The second-order valence-corrected chi connectivity index (χ2v) is 5.58. The number of aromatic nitrogens is 4. The highest BCUT2D eigenvalue weighted by Gasteiger charge is 2.14. The van der Waals surface area contributed by atoms with Gasteiger partial charge in [-0.05, 0) is 18.9 Å². The second-order valence-electron chi connectivity index (χ2n) is 5.58. The number of furan rings is 1. The van der Waals surface area contributed by atoms with Crippen LogP contribution in [-0.4, -0.2) is 38.7 Å². The molecule has 0 bridgehead atoms. The third-order valence-corrected chi connectivity index (χ3v) is 3.92. The van der Waals surface area contributed by atoms with Gasteiger partial charge in [0.1, 0.15) is 6.26 Å². The van der Waals surface area contributed by atoms with E-state index in [1.807, 2.05) is 0 Å². The number of nitrogens with zero attached hydrogens (tertiary/aromatic N) is 5. The van der Waals surface area contributed by atoms with Crippen molar-refractivity contribution in [3.8, 4) is 5.95 Å². The van der Waals surface area contributed by atoms with Crippen LogP contribution in [0.4, 0.5) is 11.4 Å². The van der Waals surface area contributed by atoms with Crippen molar-refractivity contribution in [2.75, 3.05) is 23.3 Å². The standard InChI is InChI=1S/C16H16N6O2/c23-15(12-3-6-24-11-12)20-13-7-19-22(10-13)16-17-8-14(9-18-16)21-4-1-2-5-21/h3,6-11H,1-2,4-5H2,(H,20,23). The fourth-order valence-corrected chi connectivity index (χ4v) is 2.67. The monoisotopic (exact) mass is 324 g/mol. The number of amides is 1. The average Bonchev–Trinajstić information content (AvgIpc) is 3.36. The minimum atomic E-state index is -0.256. The summed E-state index contributed by atoms with van der Waals surface area (Å²) in [6.07, 6.45) is 12.1. The van der Waals surface area contributed by atoms with E-state index < -0.39 is 0 Å². The predicted molar refractivity (Wildman–Crippen MR) is 87.3 cm³/mol. The van der Waals surface area contributed by atoms with E-state index >= 15 is 0 Å². The Labute approximate surface area is 138 Å². The molecule has 24 heavy (non-hydrogen) atoms. The molecule has 4 heterocycles. The van der Waals surface area contributed by atoms with Crippen LogP contribution in [0.5, 0.6) is 0 Å². The molecule has 1 fully saturated rings. The molecule has 0 aromatic carbocycles. The van der Waals surface area contributed by atoms with E-state index in [-0.39, 0.29) is 5.91 Å². The van der Waals surface area contributed by atoms with Gasteiger partial charge < -0.3 is 14.6 Å². The summed E-state index contributed by atoms with van der Waals surface area (Å²) in [5, 5.41) is 6.93. The quantitative estimate of drug-likeness (QED) is 0.790. The van der Waals surface area contributed by atoms with Crippen LogP contribution in [0.1, 0.15) is 23.2 Å². The average molecular weight is 324 g/mol. The summed E-state index contributed by atoms with van der Waals surface area (Å²) in [5.74, 6) is 0.204. The lowest BCUT2D eigenvalue weighted by molar-refractivity contribution is 0.102. The van der Waals surface area contributed by atoms with Crippen LogP contribution in [0.15, 0.2) is 47.8 Å². The summed E-state index contributed by atoms with van der Waals surface area (Å²) in [6.45, 7) is 2.10. The Morgan fingerprint density at radius 2 is 1.96 bits per heavy atom. The molecule has 1 aliphatic heterocycles. The number of carbonyl (C=O) groups is 1. The number of carbonyl (C=O) groups excluding carboxylic acids is 1. The second kappa shape index (κ2) is 6.15. The maximum atomic E-state index is 12.0. The zero-order valence-corrected chi connectivity index (χ0v) is 12.9. The molecule has 0 spiro atoms. The van der Waals surface area contributed by atoms with Crippen LogP contribution in [0.2, 0.25) is 0 Å². The van der Waals surface area contributed by atoms with Gasteiger partial charge in [0.25, 0.3) is 11.9 Å². The zero-order chi connectivity index (χ0) is 16.4. The van der Waals surface area contributed by atoms with Crippen molar-refractivity contribution in [3.05, 3.63) is 48.9 Å². The smallest absolute Gasteiger partial charge is 0.259 e. The van der Waals surface area contributed by atoms with Gasteiger partial charge in [0.2, 0.25) is 0 Å². The Morgan fingerprint density at radius 3 is 2.67 bits per heavy atom. The van der Waals surface area contributed by atoms with Gasteiger partial charge in [-0.15, -0.1) is 0 Å². The van der Waals surface area contributed by atoms with Gasteiger partial charge in [0, 0.05) is 13.1 Å². The maximum Gasteiger partial charge on any atom is 0.259 e. The maximum absolute atomic E-state index is 12.0. The number of rotatable bonds is 4. The zero-order valence-electron chi connectivity index (χ0n) is 12.9. The van der Waals surface area contributed by atoms with Crippen LogP contribution < -0.4 is 10.2 Å². The lowest BCUT2D eigenvalue weighted by Crippen LogP contribution is -2.18. The van der Waals surface area contributed by atoms with Crippen molar-refractivity contribution in [2.24, 2.45) is 0 Å². The highest BCUT2D eigenvalue weighted by Crippen LogP contribution is 2.18. The van der Waals surface area contributed by atoms with E-state index in [4.69, 9.17) is 4.42 Å². The third-order valence-electron chi connectivity index (χ3n) is 3.92. The fourth-order valence-electron chi connectivity index (χ4n) is 2.67. The first-order valence-corrected chi connectivity index (χ1v) is 7.75. The molecule has 8 heteroatoms. The van der Waals surface area contributed by atoms with E-state index in [1.165, 1.54) is 30.0 Å². The Morgan fingerprint density at radius 1 is 1.17 bits per heavy atom. The Kier molecular flexibility index (Phi) is 3.70. The van der Waals surface area contributed by atoms with Gasteiger partial charge in [-0.25, -0.2) is 14.6 Å². The molecule has 0 aliphatic carbocycles. The summed E-state index contributed by atoms with van der Waals surface area (Å²) >= 11 is 0. The molecule has 0 unspecified atom stereocenters. The highest BCUT2D eigenvalue weighted by molar-refractivity contribution is 6.03. The third kappa shape index (κ3) is 2.85. The van der Waals surface area contributed by atoms with Gasteiger partial charge in [-0.3, -0.25) is 4.79 Å². The van der Waals surface area contributed by atoms with Crippen molar-refractivity contribution >= 4 is 17.3 Å². The molecular formula is C16H16N6O2. The Hall–Kier alpha value is -3.16. The van der Waals surface area contributed by atoms with Gasteiger partial charge in [-0.2, -0.15) is 5.10 Å². The van der Waals surface area contributed by atoms with E-state index in [9.17, 15) is 4.79 Å². The van der Waals surface area contributed by atoms with E-state index in [0.29, 0.717) is 17.2 Å². The lowest BCUT2D eigenvalue weighted by Gasteiger charge is -2.16. The molecule has 122 valence electrons. The Bertz CT molecular complexity index is 819. The van der Waals surface area contributed by atoms with E-state index in [1.54, 1.807) is 30.9 Å². The molecule has 4 rings (SSSR count). The summed E-state index contributed by atoms with van der Waals surface area (Å²) in [7, 11) is 0. The van der Waals surface area contributed by atoms with Gasteiger partial charge >= 0.3 is 0 Å². The summed E-state index contributed by atoms with van der Waals surface area (Å²) in [5.41, 5.74) is 2.04. The molecule has 1 amide bonds. The molecule has 1 N–H and O–H groups in total. The summed E-state index contributed by atoms with van der Waals surface area (Å²) in [6, 6.07) is 1.60. The predicted octanol–water partition coefficient (Wildman–Crippen LogP) is 2.11. The van der Waals surface area contributed by atoms with Crippen LogP contribution in [0.3, 0.4) is 0 Å². The topological polar surface area (TPSA) is 89.1 Å². The molecule has 8 nitrogen and oxygen atoms in total. The first kappa shape index (κ1) is 14.4. The van der Waals surface area contributed by atoms with Crippen LogP contribution in [0.25, 0.3) is 5.95 Å². The van der Waals surface area contributed by atoms with E-state index in [0.717, 1.165) is 18.8 Å².